The molecule has 23 heavy (non-hydrogen) atoms. The van der Waals surface area contributed by atoms with Gasteiger partial charge in [-0.2, -0.15) is 4.31 Å². The van der Waals surface area contributed by atoms with Gasteiger partial charge in [-0.15, -0.1) is 0 Å². The Morgan fingerprint density at radius 3 is 2.39 bits per heavy atom. The number of hydrogen-bond donors (Lipinski definition) is 0. The smallest absolute Gasteiger partial charge is 0.254 e. The average Bonchev–Trinajstić information content (AvgIpc) is 3.09. The average molecular weight is 338 g/mol. The van der Waals surface area contributed by atoms with E-state index >= 15 is 0 Å². The fourth-order valence-electron chi connectivity index (χ4n) is 3.03. The molecule has 1 aromatic carbocycles. The molecule has 6 nitrogen and oxygen atoms in total. The maximum atomic E-state index is 12.5. The Kier molecular flexibility index (Phi) is 4.70. The molecular weight excluding hydrogens is 316 g/mol. The minimum absolute atomic E-state index is 0.0301. The Balaban J connectivity index is 1.75. The number of rotatable bonds is 3. The minimum Gasteiger partial charge on any atom is -0.375 e. The van der Waals surface area contributed by atoms with Crippen molar-refractivity contribution in [2.24, 2.45) is 0 Å². The lowest BCUT2D eigenvalue weighted by molar-refractivity contribution is -0.0124. The van der Waals surface area contributed by atoms with E-state index in [9.17, 15) is 13.2 Å². The normalized spacial score (nSPS) is 23.2. The van der Waals surface area contributed by atoms with Crippen molar-refractivity contribution in [3.63, 3.8) is 0 Å². The Morgan fingerprint density at radius 2 is 1.78 bits per heavy atom. The van der Waals surface area contributed by atoms with E-state index in [4.69, 9.17) is 4.74 Å². The first kappa shape index (κ1) is 16.4. The fourth-order valence-corrected chi connectivity index (χ4v) is 4.55. The third kappa shape index (κ3) is 3.41. The van der Waals surface area contributed by atoms with Gasteiger partial charge in [0, 0.05) is 31.7 Å². The van der Waals surface area contributed by atoms with Gasteiger partial charge in [0.15, 0.2) is 0 Å². The van der Waals surface area contributed by atoms with Crippen LogP contribution in [-0.2, 0) is 14.8 Å². The molecule has 1 aromatic rings. The van der Waals surface area contributed by atoms with E-state index in [0.29, 0.717) is 38.3 Å². The van der Waals surface area contributed by atoms with Crippen molar-refractivity contribution >= 4 is 15.9 Å². The third-order valence-electron chi connectivity index (χ3n) is 4.33. The summed E-state index contributed by atoms with van der Waals surface area (Å²) in [5.41, 5.74) is 0.513. The standard InChI is InChI=1S/C16H22N2O4S/c1-13-12-17(10-11-22-13)16(19)14-4-6-15(7-5-14)23(20,21)18-8-2-3-9-18/h4-7,13H,2-3,8-12H2,1H3/t13-/m0/s1. The van der Waals surface area contributed by atoms with E-state index in [1.165, 1.54) is 16.4 Å². The van der Waals surface area contributed by atoms with Gasteiger partial charge in [-0.25, -0.2) is 8.42 Å². The summed E-state index contributed by atoms with van der Waals surface area (Å²) in [6.45, 7) is 4.76. The van der Waals surface area contributed by atoms with Gasteiger partial charge in [0.25, 0.3) is 5.91 Å². The van der Waals surface area contributed by atoms with Crippen molar-refractivity contribution in [1.29, 1.82) is 0 Å². The van der Waals surface area contributed by atoms with Crippen molar-refractivity contribution in [1.82, 2.24) is 9.21 Å². The second-order valence-electron chi connectivity index (χ2n) is 6.07. The van der Waals surface area contributed by atoms with Crippen LogP contribution in [0.3, 0.4) is 0 Å². The second kappa shape index (κ2) is 6.59. The van der Waals surface area contributed by atoms with E-state index in [2.05, 4.69) is 0 Å². The first-order valence-corrected chi connectivity index (χ1v) is 9.43. The number of hydrogen-bond acceptors (Lipinski definition) is 4. The lowest BCUT2D eigenvalue weighted by Crippen LogP contribution is -2.44. The highest BCUT2D eigenvalue weighted by Gasteiger charge is 2.28. The largest absolute Gasteiger partial charge is 0.375 e. The van der Waals surface area contributed by atoms with E-state index in [1.807, 2.05) is 6.92 Å². The number of nitrogens with zero attached hydrogens (tertiary/aromatic N) is 2. The monoisotopic (exact) mass is 338 g/mol. The van der Waals surface area contributed by atoms with Gasteiger partial charge in [-0.3, -0.25) is 4.79 Å². The molecule has 7 heteroatoms. The van der Waals surface area contributed by atoms with Gasteiger partial charge in [0.1, 0.15) is 0 Å². The summed E-state index contributed by atoms with van der Waals surface area (Å²) in [7, 11) is -3.43. The maximum absolute atomic E-state index is 12.5. The molecule has 0 radical (unpaired) electrons. The molecule has 0 bridgehead atoms. The van der Waals surface area contributed by atoms with Crippen molar-refractivity contribution in [2.75, 3.05) is 32.8 Å². The third-order valence-corrected chi connectivity index (χ3v) is 6.25. The van der Waals surface area contributed by atoms with Gasteiger partial charge in [-0.1, -0.05) is 0 Å². The van der Waals surface area contributed by atoms with Gasteiger partial charge >= 0.3 is 0 Å². The van der Waals surface area contributed by atoms with E-state index < -0.39 is 10.0 Å². The highest BCUT2D eigenvalue weighted by molar-refractivity contribution is 7.89. The number of ether oxygens (including phenoxy) is 1. The molecule has 0 saturated carbocycles. The fraction of sp³-hybridized carbons (Fsp3) is 0.562. The minimum atomic E-state index is -3.43. The molecular formula is C16H22N2O4S. The van der Waals surface area contributed by atoms with Crippen LogP contribution in [0, 0.1) is 0 Å². The zero-order valence-electron chi connectivity index (χ0n) is 13.3. The molecule has 126 valence electrons. The van der Waals surface area contributed by atoms with Gasteiger partial charge in [-0.05, 0) is 44.0 Å². The summed E-state index contributed by atoms with van der Waals surface area (Å²) in [6, 6.07) is 6.27. The highest BCUT2D eigenvalue weighted by atomic mass is 32.2. The SMILES string of the molecule is C[C@H]1CN(C(=O)c2ccc(S(=O)(=O)N3CCCC3)cc2)CCO1. The molecule has 2 fully saturated rings. The maximum Gasteiger partial charge on any atom is 0.254 e. The first-order valence-electron chi connectivity index (χ1n) is 7.99. The number of sulfonamides is 1. The molecule has 1 atom stereocenters. The molecule has 0 aliphatic carbocycles. The van der Waals surface area contributed by atoms with Crippen LogP contribution in [0.25, 0.3) is 0 Å². The molecule has 1 amide bonds. The Bertz CT molecular complexity index is 666. The topological polar surface area (TPSA) is 66.9 Å². The van der Waals surface area contributed by atoms with E-state index in [1.54, 1.807) is 17.0 Å². The predicted molar refractivity (Wildman–Crippen MR) is 85.8 cm³/mol. The van der Waals surface area contributed by atoms with Crippen molar-refractivity contribution < 1.29 is 17.9 Å². The number of amides is 1. The number of carbonyl (C=O) groups excluding carboxylic acids is 1. The molecule has 0 spiro atoms. The molecule has 3 rings (SSSR count). The summed E-state index contributed by atoms with van der Waals surface area (Å²) >= 11 is 0. The van der Waals surface area contributed by atoms with Gasteiger partial charge < -0.3 is 9.64 Å². The number of benzene rings is 1. The van der Waals surface area contributed by atoms with E-state index in [0.717, 1.165) is 12.8 Å². The van der Waals surface area contributed by atoms with Crippen LogP contribution in [-0.4, -0.2) is 62.4 Å². The summed E-state index contributed by atoms with van der Waals surface area (Å²) in [5.74, 6) is -0.0785. The molecule has 2 aliphatic heterocycles. The zero-order valence-corrected chi connectivity index (χ0v) is 14.1. The molecule has 2 aliphatic rings. The van der Waals surface area contributed by atoms with Crippen LogP contribution < -0.4 is 0 Å². The Morgan fingerprint density at radius 1 is 1.13 bits per heavy atom. The van der Waals surface area contributed by atoms with Crippen LogP contribution in [0.5, 0.6) is 0 Å². The van der Waals surface area contributed by atoms with Crippen molar-refractivity contribution in [3.8, 4) is 0 Å². The highest BCUT2D eigenvalue weighted by Crippen LogP contribution is 2.21. The van der Waals surface area contributed by atoms with Gasteiger partial charge in [0.2, 0.25) is 10.0 Å². The molecule has 0 aromatic heterocycles. The van der Waals surface area contributed by atoms with Crippen molar-refractivity contribution in [3.05, 3.63) is 29.8 Å². The second-order valence-corrected chi connectivity index (χ2v) is 8.01. The lowest BCUT2D eigenvalue weighted by Gasteiger charge is -2.31. The predicted octanol–water partition coefficient (Wildman–Crippen LogP) is 1.33. The summed E-state index contributed by atoms with van der Waals surface area (Å²) in [4.78, 5) is 14.5. The van der Waals surface area contributed by atoms with Crippen LogP contribution in [0.4, 0.5) is 0 Å². The number of morpholine rings is 1. The summed E-state index contributed by atoms with van der Waals surface area (Å²) in [6.07, 6.45) is 1.85. The molecule has 0 unspecified atom stereocenters. The lowest BCUT2D eigenvalue weighted by atomic mass is 10.2. The molecule has 2 heterocycles. The summed E-state index contributed by atoms with van der Waals surface area (Å²) in [5, 5.41) is 0. The molecule has 2 saturated heterocycles. The first-order chi connectivity index (χ1) is 11.0. The van der Waals surface area contributed by atoms with Crippen LogP contribution >= 0.6 is 0 Å². The Hall–Kier alpha value is -1.44. The summed E-state index contributed by atoms with van der Waals surface area (Å²) < 4.78 is 31.9. The Labute approximate surface area is 137 Å². The van der Waals surface area contributed by atoms with E-state index in [-0.39, 0.29) is 16.9 Å². The van der Waals surface area contributed by atoms with Crippen molar-refractivity contribution in [2.45, 2.75) is 30.8 Å². The van der Waals surface area contributed by atoms with Crippen LogP contribution in [0.2, 0.25) is 0 Å². The number of carbonyl (C=O) groups is 1. The van der Waals surface area contributed by atoms with Crippen LogP contribution in [0.1, 0.15) is 30.1 Å². The quantitative estimate of drug-likeness (QED) is 0.834. The molecule has 0 N–H and O–H groups in total. The van der Waals surface area contributed by atoms with Crippen LogP contribution in [0.15, 0.2) is 29.2 Å². The zero-order chi connectivity index (χ0) is 16.4. The van der Waals surface area contributed by atoms with Gasteiger partial charge in [0.05, 0.1) is 17.6 Å².